The van der Waals surface area contributed by atoms with Crippen molar-refractivity contribution in [1.29, 1.82) is 0 Å². The zero-order valence-corrected chi connectivity index (χ0v) is 9.88. The molecule has 0 saturated heterocycles. The Morgan fingerprint density at radius 3 is 2.43 bits per heavy atom. The zero-order chi connectivity index (χ0) is 10.1. The third-order valence-electron chi connectivity index (χ3n) is 1.69. The average Bonchev–Trinajstić information content (AvgIpc) is 2.65. The molecule has 0 N–H and O–H groups in total. The lowest BCUT2D eigenvalue weighted by molar-refractivity contribution is 1.41. The maximum absolute atomic E-state index is 6.04. The van der Waals surface area contributed by atoms with Gasteiger partial charge in [-0.2, -0.15) is 0 Å². The Bertz CT molecular complexity index is 453. The number of thiazole rings is 1. The fraction of sp³-hybridized carbons (Fsp3) is 0. The fourth-order valence-corrected chi connectivity index (χ4v) is 2.59. The predicted molar refractivity (Wildman–Crippen MR) is 62.6 cm³/mol. The highest BCUT2D eigenvalue weighted by atomic mass is 35.5. The maximum atomic E-state index is 6.04. The molecule has 0 aliphatic rings. The van der Waals surface area contributed by atoms with Crippen molar-refractivity contribution in [1.82, 2.24) is 4.98 Å². The number of nitrogens with zero attached hydrogens (tertiary/aromatic N) is 1. The van der Waals surface area contributed by atoms with Crippen LogP contribution in [-0.2, 0) is 0 Å². The van der Waals surface area contributed by atoms with Crippen molar-refractivity contribution >= 4 is 46.1 Å². The molecule has 14 heavy (non-hydrogen) atoms. The van der Waals surface area contributed by atoms with Gasteiger partial charge in [-0.1, -0.05) is 34.8 Å². The second-order valence-electron chi connectivity index (χ2n) is 2.56. The van der Waals surface area contributed by atoms with E-state index < -0.39 is 0 Å². The smallest absolute Gasteiger partial charge is 0.126 e. The predicted octanol–water partition coefficient (Wildman–Crippen LogP) is 4.77. The molecule has 5 heteroatoms. The van der Waals surface area contributed by atoms with Gasteiger partial charge in [0.1, 0.15) is 5.01 Å². The van der Waals surface area contributed by atoms with Crippen LogP contribution in [0.3, 0.4) is 0 Å². The number of hydrogen-bond donors (Lipinski definition) is 0. The van der Waals surface area contributed by atoms with Gasteiger partial charge in [0.25, 0.3) is 0 Å². The molecule has 1 heterocycles. The Balaban J connectivity index is 2.69. The summed E-state index contributed by atoms with van der Waals surface area (Å²) in [7, 11) is 0. The first-order valence-corrected chi connectivity index (χ1v) is 5.75. The van der Waals surface area contributed by atoms with Gasteiger partial charge in [0.15, 0.2) is 0 Å². The molecule has 0 atom stereocenters. The van der Waals surface area contributed by atoms with E-state index >= 15 is 0 Å². The standard InChI is InChI=1S/C9H4Cl3NS/c10-5-1-2-6(11)8(12)7(5)9-13-3-4-14-9/h1-4H. The maximum Gasteiger partial charge on any atom is 0.126 e. The van der Waals surface area contributed by atoms with Crippen LogP contribution in [0.25, 0.3) is 10.6 Å². The Morgan fingerprint density at radius 2 is 1.79 bits per heavy atom. The van der Waals surface area contributed by atoms with Crippen LogP contribution in [0.15, 0.2) is 23.7 Å². The topological polar surface area (TPSA) is 12.9 Å². The Hall–Kier alpha value is -0.280. The number of aromatic nitrogens is 1. The summed E-state index contributed by atoms with van der Waals surface area (Å²) in [5.41, 5.74) is 0.704. The lowest BCUT2D eigenvalue weighted by Gasteiger charge is -2.04. The molecule has 2 aromatic rings. The first kappa shape index (κ1) is 10.2. The van der Waals surface area contributed by atoms with Crippen molar-refractivity contribution in [2.75, 3.05) is 0 Å². The van der Waals surface area contributed by atoms with Crippen molar-refractivity contribution in [3.05, 3.63) is 38.8 Å². The number of halogens is 3. The van der Waals surface area contributed by atoms with Crippen LogP contribution in [0.2, 0.25) is 15.1 Å². The second-order valence-corrected chi connectivity index (χ2v) is 4.64. The molecule has 0 aliphatic heterocycles. The molecular weight excluding hydrogens is 261 g/mol. The van der Waals surface area contributed by atoms with Gasteiger partial charge in [0.05, 0.1) is 15.1 Å². The van der Waals surface area contributed by atoms with E-state index in [0.29, 0.717) is 20.6 Å². The summed E-state index contributed by atoms with van der Waals surface area (Å²) in [5.74, 6) is 0. The summed E-state index contributed by atoms with van der Waals surface area (Å²) in [4.78, 5) is 4.14. The Labute approximate surface area is 100 Å². The quantitative estimate of drug-likeness (QED) is 0.676. The van der Waals surface area contributed by atoms with Crippen LogP contribution < -0.4 is 0 Å². The van der Waals surface area contributed by atoms with E-state index in [1.54, 1.807) is 18.3 Å². The molecule has 1 nitrogen and oxygen atoms in total. The van der Waals surface area contributed by atoms with Crippen LogP contribution in [0, 0.1) is 0 Å². The minimum absolute atomic E-state index is 0.453. The molecule has 0 spiro atoms. The first-order chi connectivity index (χ1) is 6.70. The molecular formula is C9H4Cl3NS. The molecule has 1 aromatic heterocycles. The summed E-state index contributed by atoms with van der Waals surface area (Å²) < 4.78 is 0. The summed E-state index contributed by atoms with van der Waals surface area (Å²) in [6.07, 6.45) is 1.70. The van der Waals surface area contributed by atoms with Gasteiger partial charge in [0.2, 0.25) is 0 Å². The van der Waals surface area contributed by atoms with E-state index in [0.717, 1.165) is 5.01 Å². The fourth-order valence-electron chi connectivity index (χ4n) is 1.07. The van der Waals surface area contributed by atoms with Crippen LogP contribution in [0.4, 0.5) is 0 Å². The molecule has 2 rings (SSSR count). The van der Waals surface area contributed by atoms with E-state index in [2.05, 4.69) is 4.98 Å². The van der Waals surface area contributed by atoms with Gasteiger partial charge >= 0.3 is 0 Å². The van der Waals surface area contributed by atoms with Gasteiger partial charge in [-0.05, 0) is 12.1 Å². The van der Waals surface area contributed by atoms with Crippen LogP contribution in [0.1, 0.15) is 0 Å². The van der Waals surface area contributed by atoms with Crippen LogP contribution >= 0.6 is 46.1 Å². The van der Waals surface area contributed by atoms with Crippen LogP contribution in [0.5, 0.6) is 0 Å². The van der Waals surface area contributed by atoms with Gasteiger partial charge in [0, 0.05) is 17.1 Å². The van der Waals surface area contributed by atoms with Crippen molar-refractivity contribution in [2.24, 2.45) is 0 Å². The largest absolute Gasteiger partial charge is 0.244 e. The van der Waals surface area contributed by atoms with Crippen molar-refractivity contribution < 1.29 is 0 Å². The van der Waals surface area contributed by atoms with Gasteiger partial charge in [-0.3, -0.25) is 0 Å². The number of hydrogen-bond acceptors (Lipinski definition) is 2. The molecule has 0 amide bonds. The minimum Gasteiger partial charge on any atom is -0.244 e. The SMILES string of the molecule is Clc1ccc(Cl)c(-c2nccs2)c1Cl. The summed E-state index contributed by atoms with van der Waals surface area (Å²) in [6, 6.07) is 3.38. The first-order valence-electron chi connectivity index (χ1n) is 3.73. The molecule has 0 aliphatic carbocycles. The van der Waals surface area contributed by atoms with Gasteiger partial charge in [-0.25, -0.2) is 4.98 Å². The Morgan fingerprint density at radius 1 is 1.07 bits per heavy atom. The molecule has 0 bridgehead atoms. The van der Waals surface area contributed by atoms with Crippen molar-refractivity contribution in [3.8, 4) is 10.6 Å². The lowest BCUT2D eigenvalue weighted by atomic mass is 10.2. The summed E-state index contributed by atoms with van der Waals surface area (Å²) in [5, 5.41) is 4.15. The zero-order valence-electron chi connectivity index (χ0n) is 6.80. The summed E-state index contributed by atoms with van der Waals surface area (Å²) >= 11 is 19.4. The Kier molecular flexibility index (Phi) is 2.98. The van der Waals surface area contributed by atoms with E-state index in [1.807, 2.05) is 5.38 Å². The van der Waals surface area contributed by atoms with E-state index in [1.165, 1.54) is 11.3 Å². The van der Waals surface area contributed by atoms with Crippen molar-refractivity contribution in [2.45, 2.75) is 0 Å². The van der Waals surface area contributed by atoms with E-state index in [4.69, 9.17) is 34.8 Å². The third kappa shape index (κ3) is 1.75. The lowest BCUT2D eigenvalue weighted by Crippen LogP contribution is -1.81. The highest BCUT2D eigenvalue weighted by Gasteiger charge is 2.13. The molecule has 0 unspecified atom stereocenters. The molecule has 0 fully saturated rings. The summed E-state index contributed by atoms with van der Waals surface area (Å²) in [6.45, 7) is 0. The van der Waals surface area contributed by atoms with E-state index in [9.17, 15) is 0 Å². The monoisotopic (exact) mass is 263 g/mol. The van der Waals surface area contributed by atoms with Gasteiger partial charge in [-0.15, -0.1) is 11.3 Å². The minimum atomic E-state index is 0.453. The highest BCUT2D eigenvalue weighted by Crippen LogP contribution is 2.39. The number of rotatable bonds is 1. The van der Waals surface area contributed by atoms with Crippen LogP contribution in [-0.4, -0.2) is 4.98 Å². The number of benzene rings is 1. The average molecular weight is 265 g/mol. The normalized spacial score (nSPS) is 10.5. The highest BCUT2D eigenvalue weighted by molar-refractivity contribution is 7.13. The van der Waals surface area contributed by atoms with Crippen molar-refractivity contribution in [3.63, 3.8) is 0 Å². The molecule has 0 radical (unpaired) electrons. The van der Waals surface area contributed by atoms with Gasteiger partial charge < -0.3 is 0 Å². The molecule has 72 valence electrons. The second kappa shape index (κ2) is 4.07. The molecule has 1 aromatic carbocycles. The molecule has 0 saturated carbocycles. The van der Waals surface area contributed by atoms with E-state index in [-0.39, 0.29) is 0 Å². The third-order valence-corrected chi connectivity index (χ3v) is 3.60.